The lowest BCUT2D eigenvalue weighted by atomic mass is 9.86. The molecule has 0 spiro atoms. The topological polar surface area (TPSA) is 35.8 Å². The quantitative estimate of drug-likeness (QED) is 0.680. The maximum atomic E-state index is 8.73. The van der Waals surface area contributed by atoms with E-state index in [0.717, 1.165) is 24.8 Å². The van der Waals surface area contributed by atoms with Gasteiger partial charge >= 0.3 is 0 Å². The lowest BCUT2D eigenvalue weighted by Crippen LogP contribution is -2.37. The first-order chi connectivity index (χ1) is 5.72. The van der Waals surface area contributed by atoms with Crippen molar-refractivity contribution in [1.29, 1.82) is 5.26 Å². The van der Waals surface area contributed by atoms with E-state index in [1.165, 1.54) is 12.8 Å². The molecule has 0 radical (unpaired) electrons. The molecule has 1 N–H and O–H groups in total. The van der Waals surface area contributed by atoms with Crippen molar-refractivity contribution in [3.05, 3.63) is 0 Å². The number of hydrogen-bond donors (Lipinski definition) is 1. The fourth-order valence-corrected chi connectivity index (χ4v) is 1.98. The van der Waals surface area contributed by atoms with Gasteiger partial charge in [0.25, 0.3) is 0 Å². The van der Waals surface area contributed by atoms with Crippen LogP contribution in [-0.2, 0) is 0 Å². The highest BCUT2D eigenvalue weighted by molar-refractivity contribution is 4.94. The second kappa shape index (κ2) is 4.47. The van der Waals surface area contributed by atoms with Crippen molar-refractivity contribution in [3.63, 3.8) is 0 Å². The molecule has 0 aromatic carbocycles. The minimum atomic E-state index is 0.113. The summed E-state index contributed by atoms with van der Waals surface area (Å²) in [6, 6.07) is 2.41. The average molecular weight is 166 g/mol. The lowest BCUT2D eigenvalue weighted by molar-refractivity contribution is 0.292. The third-order valence-corrected chi connectivity index (χ3v) is 2.47. The maximum Gasteiger partial charge on any atom is 0.0955 e. The standard InChI is InChI=1S/C10H18N2/c1-8(2)5-9-3-4-12-10(6-9)7-11/h8-10,12H,3-6H2,1-2H3/t9-,10-/m1/s1. The van der Waals surface area contributed by atoms with E-state index in [1.807, 2.05) is 0 Å². The number of hydrogen-bond acceptors (Lipinski definition) is 2. The van der Waals surface area contributed by atoms with Crippen molar-refractivity contribution in [1.82, 2.24) is 5.32 Å². The third kappa shape index (κ3) is 2.83. The van der Waals surface area contributed by atoms with Gasteiger partial charge in [-0.15, -0.1) is 0 Å². The minimum absolute atomic E-state index is 0.113. The zero-order chi connectivity index (χ0) is 8.97. The minimum Gasteiger partial charge on any atom is -0.302 e. The lowest BCUT2D eigenvalue weighted by Gasteiger charge is -2.27. The van der Waals surface area contributed by atoms with Crippen molar-refractivity contribution in [3.8, 4) is 6.07 Å². The number of nitriles is 1. The summed E-state index contributed by atoms with van der Waals surface area (Å²) in [6.07, 6.45) is 3.57. The summed E-state index contributed by atoms with van der Waals surface area (Å²) in [4.78, 5) is 0. The molecule has 2 atom stereocenters. The molecule has 0 aliphatic carbocycles. The Labute approximate surface area is 75.0 Å². The van der Waals surface area contributed by atoms with E-state index in [9.17, 15) is 0 Å². The van der Waals surface area contributed by atoms with Crippen LogP contribution in [0, 0.1) is 23.2 Å². The Bertz CT molecular complexity index is 169. The highest BCUT2D eigenvalue weighted by Gasteiger charge is 2.21. The SMILES string of the molecule is CC(C)C[C@H]1CCN[C@@H](C#N)C1. The van der Waals surface area contributed by atoms with Crippen molar-refractivity contribution in [2.75, 3.05) is 6.54 Å². The highest BCUT2D eigenvalue weighted by Crippen LogP contribution is 2.23. The molecule has 1 aliphatic rings. The van der Waals surface area contributed by atoms with E-state index >= 15 is 0 Å². The van der Waals surface area contributed by atoms with Crippen LogP contribution < -0.4 is 5.32 Å². The summed E-state index contributed by atoms with van der Waals surface area (Å²) < 4.78 is 0. The summed E-state index contributed by atoms with van der Waals surface area (Å²) in [7, 11) is 0. The molecule has 2 nitrogen and oxygen atoms in total. The van der Waals surface area contributed by atoms with Gasteiger partial charge < -0.3 is 5.32 Å². The molecular weight excluding hydrogens is 148 g/mol. The molecule has 0 bridgehead atoms. The monoisotopic (exact) mass is 166 g/mol. The highest BCUT2D eigenvalue weighted by atomic mass is 14.9. The Kier molecular flexibility index (Phi) is 3.55. The van der Waals surface area contributed by atoms with Crippen molar-refractivity contribution in [2.45, 2.75) is 39.2 Å². The van der Waals surface area contributed by atoms with Gasteiger partial charge in [0.15, 0.2) is 0 Å². The van der Waals surface area contributed by atoms with Crippen LogP contribution in [0.1, 0.15) is 33.1 Å². The second-order valence-corrected chi connectivity index (χ2v) is 4.16. The summed E-state index contributed by atoms with van der Waals surface area (Å²) >= 11 is 0. The molecule has 0 aromatic rings. The van der Waals surface area contributed by atoms with E-state index in [-0.39, 0.29) is 6.04 Å². The van der Waals surface area contributed by atoms with Gasteiger partial charge in [-0.1, -0.05) is 13.8 Å². The summed E-state index contributed by atoms with van der Waals surface area (Å²) in [6.45, 7) is 5.53. The molecule has 68 valence electrons. The van der Waals surface area contributed by atoms with Crippen LogP contribution in [0.15, 0.2) is 0 Å². The number of rotatable bonds is 2. The van der Waals surface area contributed by atoms with Gasteiger partial charge in [0.05, 0.1) is 12.1 Å². The molecule has 2 heteroatoms. The van der Waals surface area contributed by atoms with E-state index < -0.39 is 0 Å². The molecule has 0 unspecified atom stereocenters. The Morgan fingerprint density at radius 3 is 2.92 bits per heavy atom. The van der Waals surface area contributed by atoms with Crippen LogP contribution in [0.2, 0.25) is 0 Å². The van der Waals surface area contributed by atoms with Crippen molar-refractivity contribution >= 4 is 0 Å². The van der Waals surface area contributed by atoms with Crippen LogP contribution in [0.25, 0.3) is 0 Å². The van der Waals surface area contributed by atoms with Crippen LogP contribution >= 0.6 is 0 Å². The van der Waals surface area contributed by atoms with Gasteiger partial charge in [0, 0.05) is 0 Å². The molecule has 0 saturated carbocycles. The number of nitrogens with zero attached hydrogens (tertiary/aromatic N) is 1. The maximum absolute atomic E-state index is 8.73. The van der Waals surface area contributed by atoms with E-state index in [1.54, 1.807) is 0 Å². The second-order valence-electron chi connectivity index (χ2n) is 4.16. The number of nitrogens with one attached hydrogen (secondary N) is 1. The Balaban J connectivity index is 2.32. The average Bonchev–Trinajstić information content (AvgIpc) is 2.03. The smallest absolute Gasteiger partial charge is 0.0955 e. The largest absolute Gasteiger partial charge is 0.302 e. The van der Waals surface area contributed by atoms with Crippen molar-refractivity contribution < 1.29 is 0 Å². The summed E-state index contributed by atoms with van der Waals surface area (Å²) in [5.41, 5.74) is 0. The van der Waals surface area contributed by atoms with E-state index in [2.05, 4.69) is 25.2 Å². The van der Waals surface area contributed by atoms with Crippen LogP contribution in [-0.4, -0.2) is 12.6 Å². The summed E-state index contributed by atoms with van der Waals surface area (Å²) in [5, 5.41) is 11.9. The van der Waals surface area contributed by atoms with Gasteiger partial charge in [-0.2, -0.15) is 5.26 Å². The van der Waals surface area contributed by atoms with Crippen molar-refractivity contribution in [2.24, 2.45) is 11.8 Å². The molecule has 1 saturated heterocycles. The van der Waals surface area contributed by atoms with Gasteiger partial charge in [-0.3, -0.25) is 0 Å². The molecule has 1 aliphatic heterocycles. The van der Waals surface area contributed by atoms with Gasteiger partial charge in [-0.25, -0.2) is 0 Å². The third-order valence-electron chi connectivity index (χ3n) is 2.47. The molecule has 1 heterocycles. The first-order valence-corrected chi connectivity index (χ1v) is 4.85. The molecule has 1 rings (SSSR count). The predicted octanol–water partition coefficient (Wildman–Crippen LogP) is 1.92. The van der Waals surface area contributed by atoms with E-state index in [0.29, 0.717) is 0 Å². The molecule has 1 fully saturated rings. The predicted molar refractivity (Wildman–Crippen MR) is 49.6 cm³/mol. The molecule has 0 aromatic heterocycles. The first-order valence-electron chi connectivity index (χ1n) is 4.85. The Morgan fingerprint density at radius 2 is 2.33 bits per heavy atom. The normalized spacial score (nSPS) is 30.2. The molecular formula is C10H18N2. The first kappa shape index (κ1) is 9.54. The fraction of sp³-hybridized carbons (Fsp3) is 0.900. The van der Waals surface area contributed by atoms with Crippen LogP contribution in [0.5, 0.6) is 0 Å². The summed E-state index contributed by atoms with van der Waals surface area (Å²) in [5.74, 6) is 1.54. The Morgan fingerprint density at radius 1 is 1.58 bits per heavy atom. The molecule has 0 amide bonds. The number of piperidine rings is 1. The zero-order valence-corrected chi connectivity index (χ0v) is 8.01. The molecule has 12 heavy (non-hydrogen) atoms. The van der Waals surface area contributed by atoms with Gasteiger partial charge in [-0.05, 0) is 37.6 Å². The van der Waals surface area contributed by atoms with E-state index in [4.69, 9.17) is 5.26 Å². The van der Waals surface area contributed by atoms with Crippen LogP contribution in [0.4, 0.5) is 0 Å². The van der Waals surface area contributed by atoms with Crippen LogP contribution in [0.3, 0.4) is 0 Å². The Hall–Kier alpha value is -0.550. The zero-order valence-electron chi connectivity index (χ0n) is 8.01. The van der Waals surface area contributed by atoms with Gasteiger partial charge in [0.2, 0.25) is 0 Å². The fourth-order valence-electron chi connectivity index (χ4n) is 1.98. The van der Waals surface area contributed by atoms with Gasteiger partial charge in [0.1, 0.15) is 0 Å².